The Morgan fingerprint density at radius 1 is 1.57 bits per heavy atom. The Morgan fingerprint density at radius 2 is 2.21 bits per heavy atom. The number of phenolic OH excluding ortho intramolecular Hbond substituents is 1. The van der Waals surface area contributed by atoms with Gasteiger partial charge in [-0.05, 0) is 27.6 Å². The van der Waals surface area contributed by atoms with E-state index in [0.717, 1.165) is 0 Å². The Morgan fingerprint density at radius 3 is 2.71 bits per heavy atom. The van der Waals surface area contributed by atoms with Crippen molar-refractivity contribution in [2.45, 2.75) is 6.54 Å². The zero-order chi connectivity index (χ0) is 10.7. The van der Waals surface area contributed by atoms with Crippen molar-refractivity contribution in [1.82, 2.24) is 5.48 Å². The number of nitro benzene ring substituents is 1. The van der Waals surface area contributed by atoms with Gasteiger partial charge in [0.15, 0.2) is 0 Å². The van der Waals surface area contributed by atoms with Gasteiger partial charge in [-0.3, -0.25) is 10.1 Å². The van der Waals surface area contributed by atoms with Gasteiger partial charge in [0.1, 0.15) is 0 Å². The van der Waals surface area contributed by atoms with E-state index in [1.165, 1.54) is 12.1 Å². The lowest BCUT2D eigenvalue weighted by Crippen LogP contribution is -2.06. The molecule has 1 aromatic rings. The SMILES string of the molecule is O=[N+]([O-])c1cc(CNO)cc(Br)c1O. The normalized spacial score (nSPS) is 10.1. The molecule has 0 heterocycles. The lowest BCUT2D eigenvalue weighted by Gasteiger charge is -2.03. The molecule has 0 aliphatic heterocycles. The summed E-state index contributed by atoms with van der Waals surface area (Å²) in [4.78, 5) is 9.78. The molecule has 0 fully saturated rings. The number of aromatic hydroxyl groups is 1. The van der Waals surface area contributed by atoms with Crippen molar-refractivity contribution in [2.75, 3.05) is 0 Å². The third-order valence-corrected chi connectivity index (χ3v) is 2.19. The average Bonchev–Trinajstić information content (AvgIpc) is 2.11. The molecule has 0 aliphatic rings. The topological polar surface area (TPSA) is 95.6 Å². The number of hydrogen-bond acceptors (Lipinski definition) is 5. The summed E-state index contributed by atoms with van der Waals surface area (Å²) in [5, 5.41) is 28.2. The molecule has 1 aromatic carbocycles. The van der Waals surface area contributed by atoms with Crippen molar-refractivity contribution in [3.05, 3.63) is 32.3 Å². The highest BCUT2D eigenvalue weighted by molar-refractivity contribution is 9.10. The molecule has 6 nitrogen and oxygen atoms in total. The molecule has 3 N–H and O–H groups in total. The molecular weight excluding hydrogens is 256 g/mol. The molecule has 7 heteroatoms. The molecule has 0 atom stereocenters. The van der Waals surface area contributed by atoms with Crippen LogP contribution in [0.25, 0.3) is 0 Å². The van der Waals surface area contributed by atoms with E-state index in [2.05, 4.69) is 15.9 Å². The van der Waals surface area contributed by atoms with Crippen molar-refractivity contribution >= 4 is 21.6 Å². The van der Waals surface area contributed by atoms with Crippen molar-refractivity contribution in [3.8, 4) is 5.75 Å². The van der Waals surface area contributed by atoms with Gasteiger partial charge in [-0.1, -0.05) is 0 Å². The third kappa shape index (κ3) is 2.19. The highest BCUT2D eigenvalue weighted by atomic mass is 79.9. The fourth-order valence-corrected chi connectivity index (χ4v) is 1.47. The van der Waals surface area contributed by atoms with E-state index in [-0.39, 0.29) is 11.0 Å². The Balaban J connectivity index is 3.21. The summed E-state index contributed by atoms with van der Waals surface area (Å²) >= 11 is 2.97. The number of hydrogen-bond donors (Lipinski definition) is 3. The monoisotopic (exact) mass is 262 g/mol. The van der Waals surface area contributed by atoms with Crippen LogP contribution in [0.1, 0.15) is 5.56 Å². The summed E-state index contributed by atoms with van der Waals surface area (Å²) in [5.74, 6) is -0.420. The van der Waals surface area contributed by atoms with E-state index in [0.29, 0.717) is 5.56 Å². The predicted molar refractivity (Wildman–Crippen MR) is 51.1 cm³/mol. The van der Waals surface area contributed by atoms with Gasteiger partial charge in [0.2, 0.25) is 5.75 Å². The zero-order valence-corrected chi connectivity index (χ0v) is 8.48. The highest BCUT2D eigenvalue weighted by Gasteiger charge is 2.17. The molecule has 0 saturated carbocycles. The Hall–Kier alpha value is -1.18. The second-order valence-electron chi connectivity index (χ2n) is 2.54. The quantitative estimate of drug-likeness (QED) is 0.567. The van der Waals surface area contributed by atoms with Gasteiger partial charge in [0, 0.05) is 12.6 Å². The van der Waals surface area contributed by atoms with Crippen LogP contribution in [-0.4, -0.2) is 15.2 Å². The number of benzene rings is 1. The Bertz CT molecular complexity index is 369. The minimum Gasteiger partial charge on any atom is -0.501 e. The van der Waals surface area contributed by atoms with Crippen molar-refractivity contribution < 1.29 is 15.2 Å². The van der Waals surface area contributed by atoms with Gasteiger partial charge in [-0.2, -0.15) is 0 Å². The van der Waals surface area contributed by atoms with Crippen LogP contribution < -0.4 is 5.48 Å². The van der Waals surface area contributed by atoms with E-state index in [9.17, 15) is 15.2 Å². The van der Waals surface area contributed by atoms with E-state index in [4.69, 9.17) is 5.21 Å². The van der Waals surface area contributed by atoms with Crippen LogP contribution in [0.3, 0.4) is 0 Å². The smallest absolute Gasteiger partial charge is 0.312 e. The van der Waals surface area contributed by atoms with E-state index >= 15 is 0 Å². The first-order valence-electron chi connectivity index (χ1n) is 3.59. The van der Waals surface area contributed by atoms with Crippen molar-refractivity contribution in [2.24, 2.45) is 0 Å². The Kier molecular flexibility index (Phi) is 3.39. The number of nitrogens with one attached hydrogen (secondary N) is 1. The molecule has 0 bridgehead atoms. The number of rotatable bonds is 3. The Labute approximate surface area is 87.4 Å². The second-order valence-corrected chi connectivity index (χ2v) is 3.39. The summed E-state index contributed by atoms with van der Waals surface area (Å²) in [5.41, 5.74) is 1.96. The first-order chi connectivity index (χ1) is 6.56. The number of phenols is 1. The number of nitro groups is 1. The number of halogens is 1. The fraction of sp³-hybridized carbons (Fsp3) is 0.143. The average molecular weight is 263 g/mol. The summed E-state index contributed by atoms with van der Waals surface area (Å²) in [6.45, 7) is 0.0692. The maximum absolute atomic E-state index is 10.5. The number of hydroxylamine groups is 1. The van der Waals surface area contributed by atoms with Crippen LogP contribution in [0, 0.1) is 10.1 Å². The molecule has 0 amide bonds. The van der Waals surface area contributed by atoms with Gasteiger partial charge in [0.05, 0.1) is 9.40 Å². The van der Waals surface area contributed by atoms with Crippen molar-refractivity contribution in [1.29, 1.82) is 0 Å². The molecule has 0 aromatic heterocycles. The van der Waals surface area contributed by atoms with E-state index < -0.39 is 16.4 Å². The zero-order valence-electron chi connectivity index (χ0n) is 6.90. The fourth-order valence-electron chi connectivity index (χ4n) is 0.972. The lowest BCUT2D eigenvalue weighted by molar-refractivity contribution is -0.386. The second kappa shape index (κ2) is 4.36. The lowest BCUT2D eigenvalue weighted by atomic mass is 10.2. The molecule has 14 heavy (non-hydrogen) atoms. The van der Waals surface area contributed by atoms with Gasteiger partial charge < -0.3 is 10.3 Å². The standard InChI is InChI=1S/C7H7BrN2O4/c8-5-1-4(3-9-12)2-6(7(5)11)10(13)14/h1-2,9,11-12H,3H2. The molecule has 76 valence electrons. The summed E-state index contributed by atoms with van der Waals surface area (Å²) in [6, 6.07) is 2.66. The maximum Gasteiger partial charge on any atom is 0.312 e. The summed E-state index contributed by atoms with van der Waals surface area (Å²) in [7, 11) is 0. The minimum absolute atomic E-state index is 0.0692. The summed E-state index contributed by atoms with van der Waals surface area (Å²) in [6.07, 6.45) is 0. The predicted octanol–water partition coefficient (Wildman–Crippen LogP) is 1.54. The van der Waals surface area contributed by atoms with E-state index in [1.54, 1.807) is 0 Å². The maximum atomic E-state index is 10.5. The molecule has 0 saturated heterocycles. The van der Waals surface area contributed by atoms with Crippen LogP contribution in [0.5, 0.6) is 5.75 Å². The molecule has 1 rings (SSSR count). The van der Waals surface area contributed by atoms with Crippen LogP contribution >= 0.6 is 15.9 Å². The van der Waals surface area contributed by atoms with Crippen LogP contribution in [-0.2, 0) is 6.54 Å². The molecule has 0 spiro atoms. The van der Waals surface area contributed by atoms with Crippen LogP contribution in [0.2, 0.25) is 0 Å². The van der Waals surface area contributed by atoms with Crippen LogP contribution in [0.4, 0.5) is 5.69 Å². The molecule has 0 aliphatic carbocycles. The van der Waals surface area contributed by atoms with Gasteiger partial charge >= 0.3 is 5.69 Å². The molecule has 0 radical (unpaired) electrons. The molecule has 0 unspecified atom stereocenters. The third-order valence-electron chi connectivity index (χ3n) is 1.58. The van der Waals surface area contributed by atoms with E-state index in [1.807, 2.05) is 5.48 Å². The van der Waals surface area contributed by atoms with Gasteiger partial charge in [-0.15, -0.1) is 0 Å². The number of nitrogens with zero attached hydrogens (tertiary/aromatic N) is 1. The highest BCUT2D eigenvalue weighted by Crippen LogP contribution is 2.34. The van der Waals surface area contributed by atoms with Gasteiger partial charge in [-0.25, -0.2) is 5.48 Å². The van der Waals surface area contributed by atoms with Crippen molar-refractivity contribution in [3.63, 3.8) is 0 Å². The largest absolute Gasteiger partial charge is 0.501 e. The first kappa shape index (κ1) is 10.9. The minimum atomic E-state index is -0.693. The molecular formula is C7H7BrN2O4. The van der Waals surface area contributed by atoms with Crippen LogP contribution in [0.15, 0.2) is 16.6 Å². The summed E-state index contributed by atoms with van der Waals surface area (Å²) < 4.78 is 0.219. The first-order valence-corrected chi connectivity index (χ1v) is 4.38. The van der Waals surface area contributed by atoms with Gasteiger partial charge in [0.25, 0.3) is 0 Å².